The maximum atomic E-state index is 12.0. The zero-order chi connectivity index (χ0) is 15.4. The monoisotopic (exact) mass is 291 g/mol. The van der Waals surface area contributed by atoms with Crippen LogP contribution in [-0.2, 0) is 20.8 Å². The quantitative estimate of drug-likeness (QED) is 0.566. The molecule has 1 heterocycles. The third-order valence-electron chi connectivity index (χ3n) is 3.35. The molecule has 2 atom stereocenters. The van der Waals surface area contributed by atoms with Gasteiger partial charge in [-0.05, 0) is 24.1 Å². The second-order valence-electron chi connectivity index (χ2n) is 4.99. The predicted molar refractivity (Wildman–Crippen MR) is 74.1 cm³/mol. The Morgan fingerprint density at radius 1 is 1.38 bits per heavy atom. The standard InChI is InChI=1S/C14H17N3O4/c15-13(20)11(7-8-1-3-9(18)4-2-8)17-14(21)10-5-6-12(19)16-10/h1-4,10-11,18H,5-7H2,(H2,15,20)(H,16,19)(H,17,21). The Labute approximate surface area is 121 Å². The Balaban J connectivity index is 1.99. The molecule has 2 unspecified atom stereocenters. The summed E-state index contributed by atoms with van der Waals surface area (Å²) in [5.74, 6) is -1.12. The van der Waals surface area contributed by atoms with E-state index in [9.17, 15) is 19.5 Å². The lowest BCUT2D eigenvalue weighted by molar-refractivity contribution is -0.129. The molecule has 7 heteroatoms. The molecule has 0 aromatic heterocycles. The molecular formula is C14H17N3O4. The molecule has 0 spiro atoms. The number of carbonyl (C=O) groups is 3. The molecule has 112 valence electrons. The van der Waals surface area contributed by atoms with Crippen molar-refractivity contribution in [3.8, 4) is 5.75 Å². The maximum Gasteiger partial charge on any atom is 0.243 e. The number of primary amides is 1. The van der Waals surface area contributed by atoms with Gasteiger partial charge in [0.05, 0.1) is 0 Å². The van der Waals surface area contributed by atoms with Crippen molar-refractivity contribution >= 4 is 17.7 Å². The maximum absolute atomic E-state index is 12.0. The topological polar surface area (TPSA) is 122 Å². The van der Waals surface area contributed by atoms with Crippen molar-refractivity contribution < 1.29 is 19.5 Å². The lowest BCUT2D eigenvalue weighted by Gasteiger charge is -2.18. The van der Waals surface area contributed by atoms with E-state index in [4.69, 9.17) is 5.73 Å². The van der Waals surface area contributed by atoms with Crippen molar-refractivity contribution in [3.63, 3.8) is 0 Å². The van der Waals surface area contributed by atoms with Gasteiger partial charge in [-0.1, -0.05) is 12.1 Å². The predicted octanol–water partition coefficient (Wildman–Crippen LogP) is -0.817. The molecule has 0 bridgehead atoms. The average Bonchev–Trinajstić information content (AvgIpc) is 2.87. The van der Waals surface area contributed by atoms with Crippen LogP contribution in [-0.4, -0.2) is 34.9 Å². The molecule has 2 rings (SSSR count). The highest BCUT2D eigenvalue weighted by atomic mass is 16.3. The van der Waals surface area contributed by atoms with Gasteiger partial charge in [0.1, 0.15) is 17.8 Å². The molecule has 1 aliphatic rings. The SMILES string of the molecule is NC(=O)C(Cc1ccc(O)cc1)NC(=O)C1CCC(=O)N1. The smallest absolute Gasteiger partial charge is 0.243 e. The van der Waals surface area contributed by atoms with Crippen LogP contribution in [0.1, 0.15) is 18.4 Å². The molecule has 0 aliphatic carbocycles. The number of nitrogens with two attached hydrogens (primary N) is 1. The molecule has 5 N–H and O–H groups in total. The molecule has 1 fully saturated rings. The summed E-state index contributed by atoms with van der Waals surface area (Å²) in [4.78, 5) is 34.5. The summed E-state index contributed by atoms with van der Waals surface area (Å²) in [6.45, 7) is 0. The fourth-order valence-electron chi connectivity index (χ4n) is 2.17. The Morgan fingerprint density at radius 2 is 2.05 bits per heavy atom. The second-order valence-corrected chi connectivity index (χ2v) is 4.99. The van der Waals surface area contributed by atoms with Crippen molar-refractivity contribution in [1.29, 1.82) is 0 Å². The zero-order valence-electron chi connectivity index (χ0n) is 11.3. The first-order valence-electron chi connectivity index (χ1n) is 6.62. The molecule has 21 heavy (non-hydrogen) atoms. The fraction of sp³-hybridized carbons (Fsp3) is 0.357. The van der Waals surface area contributed by atoms with Gasteiger partial charge in [0.15, 0.2) is 0 Å². The molecule has 7 nitrogen and oxygen atoms in total. The molecule has 1 aromatic rings. The number of amides is 3. The first-order chi connectivity index (χ1) is 9.95. The highest BCUT2D eigenvalue weighted by Gasteiger charge is 2.29. The molecule has 0 saturated carbocycles. The lowest BCUT2D eigenvalue weighted by Crippen LogP contribution is -2.51. The van der Waals surface area contributed by atoms with Crippen LogP contribution in [0.5, 0.6) is 5.75 Å². The van der Waals surface area contributed by atoms with Crippen molar-refractivity contribution in [2.45, 2.75) is 31.3 Å². The number of carbonyl (C=O) groups excluding carboxylic acids is 3. The van der Waals surface area contributed by atoms with Gasteiger partial charge < -0.3 is 21.5 Å². The zero-order valence-corrected chi connectivity index (χ0v) is 11.3. The van der Waals surface area contributed by atoms with Crippen LogP contribution >= 0.6 is 0 Å². The Hall–Kier alpha value is -2.57. The summed E-state index contributed by atoms with van der Waals surface area (Å²) < 4.78 is 0. The van der Waals surface area contributed by atoms with Gasteiger partial charge in [-0.25, -0.2) is 0 Å². The van der Waals surface area contributed by atoms with Crippen molar-refractivity contribution in [3.05, 3.63) is 29.8 Å². The summed E-state index contributed by atoms with van der Waals surface area (Å²) >= 11 is 0. The minimum Gasteiger partial charge on any atom is -0.508 e. The lowest BCUT2D eigenvalue weighted by atomic mass is 10.0. The minimum atomic E-state index is -0.862. The third kappa shape index (κ3) is 3.95. The summed E-state index contributed by atoms with van der Waals surface area (Å²) in [6.07, 6.45) is 0.939. The highest BCUT2D eigenvalue weighted by Crippen LogP contribution is 2.12. The average molecular weight is 291 g/mol. The van der Waals surface area contributed by atoms with E-state index < -0.39 is 23.9 Å². The van der Waals surface area contributed by atoms with Crippen molar-refractivity contribution in [1.82, 2.24) is 10.6 Å². The number of phenols is 1. The van der Waals surface area contributed by atoms with Crippen molar-refractivity contribution in [2.24, 2.45) is 5.73 Å². The summed E-state index contributed by atoms with van der Waals surface area (Å²) in [6, 6.07) is 4.81. The number of aromatic hydroxyl groups is 1. The first kappa shape index (κ1) is 14.8. The van der Waals surface area contributed by atoms with Crippen LogP contribution in [0.4, 0.5) is 0 Å². The number of hydrogen-bond acceptors (Lipinski definition) is 4. The first-order valence-corrected chi connectivity index (χ1v) is 6.62. The van der Waals surface area contributed by atoms with Crippen LogP contribution in [0.25, 0.3) is 0 Å². The van der Waals surface area contributed by atoms with Crippen LogP contribution in [0, 0.1) is 0 Å². The normalized spacial score (nSPS) is 18.9. The number of benzene rings is 1. The van der Waals surface area contributed by atoms with E-state index in [0.29, 0.717) is 12.8 Å². The van der Waals surface area contributed by atoms with E-state index >= 15 is 0 Å². The van der Waals surface area contributed by atoms with Crippen LogP contribution < -0.4 is 16.4 Å². The van der Waals surface area contributed by atoms with Gasteiger partial charge in [0, 0.05) is 12.8 Å². The van der Waals surface area contributed by atoms with Crippen LogP contribution in [0.3, 0.4) is 0 Å². The molecule has 1 saturated heterocycles. The van der Waals surface area contributed by atoms with Gasteiger partial charge in [-0.15, -0.1) is 0 Å². The van der Waals surface area contributed by atoms with Gasteiger partial charge in [-0.3, -0.25) is 14.4 Å². The molecule has 1 aromatic carbocycles. The second kappa shape index (κ2) is 6.25. The van der Waals surface area contributed by atoms with Gasteiger partial charge >= 0.3 is 0 Å². The van der Waals surface area contributed by atoms with Crippen molar-refractivity contribution in [2.75, 3.05) is 0 Å². The number of rotatable bonds is 5. The number of hydrogen-bond donors (Lipinski definition) is 4. The van der Waals surface area contributed by atoms with E-state index in [2.05, 4.69) is 10.6 Å². The van der Waals surface area contributed by atoms with E-state index in [1.165, 1.54) is 12.1 Å². The fourth-order valence-corrected chi connectivity index (χ4v) is 2.17. The Bertz CT molecular complexity index is 556. The highest BCUT2D eigenvalue weighted by molar-refractivity contribution is 5.93. The van der Waals surface area contributed by atoms with Crippen LogP contribution in [0.2, 0.25) is 0 Å². The number of phenolic OH excluding ortho intramolecular Hbond substituents is 1. The van der Waals surface area contributed by atoms with E-state index in [1.54, 1.807) is 12.1 Å². The summed E-state index contributed by atoms with van der Waals surface area (Å²) in [5.41, 5.74) is 6.06. The number of nitrogens with one attached hydrogen (secondary N) is 2. The van der Waals surface area contributed by atoms with Gasteiger partial charge in [0.2, 0.25) is 17.7 Å². The van der Waals surface area contributed by atoms with E-state index in [-0.39, 0.29) is 18.1 Å². The summed E-state index contributed by atoms with van der Waals surface area (Å²) in [5, 5.41) is 14.3. The molecule has 1 aliphatic heterocycles. The van der Waals surface area contributed by atoms with Crippen LogP contribution in [0.15, 0.2) is 24.3 Å². The third-order valence-corrected chi connectivity index (χ3v) is 3.35. The van der Waals surface area contributed by atoms with E-state index in [1.807, 2.05) is 0 Å². The largest absolute Gasteiger partial charge is 0.508 e. The Morgan fingerprint density at radius 3 is 2.57 bits per heavy atom. The Kier molecular flexibility index (Phi) is 4.42. The summed E-state index contributed by atoms with van der Waals surface area (Å²) in [7, 11) is 0. The van der Waals surface area contributed by atoms with Gasteiger partial charge in [-0.2, -0.15) is 0 Å². The minimum absolute atomic E-state index is 0.118. The van der Waals surface area contributed by atoms with Gasteiger partial charge in [0.25, 0.3) is 0 Å². The molecule has 3 amide bonds. The molecular weight excluding hydrogens is 274 g/mol. The van der Waals surface area contributed by atoms with E-state index in [0.717, 1.165) is 5.56 Å². The molecule has 0 radical (unpaired) electrons.